The lowest BCUT2D eigenvalue weighted by molar-refractivity contribution is -0.390. The molecular formula is C19H17N3O4. The van der Waals surface area contributed by atoms with Gasteiger partial charge in [0, 0.05) is 18.0 Å². The number of carbonyl (C=O) groups is 1. The normalized spacial score (nSPS) is 11.8. The third-order valence-corrected chi connectivity index (χ3v) is 3.87. The van der Waals surface area contributed by atoms with Crippen LogP contribution >= 0.6 is 0 Å². The van der Waals surface area contributed by atoms with E-state index in [0.717, 1.165) is 10.8 Å². The maximum atomic E-state index is 12.5. The van der Waals surface area contributed by atoms with Gasteiger partial charge in [0.25, 0.3) is 5.91 Å². The topological polar surface area (TPSA) is 94.4 Å². The van der Waals surface area contributed by atoms with E-state index >= 15 is 0 Å². The Kier molecular flexibility index (Phi) is 4.79. The molecule has 0 saturated heterocycles. The summed E-state index contributed by atoms with van der Waals surface area (Å²) in [5.41, 5.74) is 1.15. The van der Waals surface area contributed by atoms with Crippen LogP contribution in [0.1, 0.15) is 12.6 Å². The molecule has 0 aliphatic rings. The molecule has 1 aromatic heterocycles. The third kappa shape index (κ3) is 3.61. The first-order chi connectivity index (χ1) is 12.5. The number of benzene rings is 2. The molecule has 2 aromatic carbocycles. The lowest BCUT2D eigenvalue weighted by Gasteiger charge is -2.15. The number of rotatable bonds is 5. The van der Waals surface area contributed by atoms with Crippen molar-refractivity contribution in [2.45, 2.75) is 20.0 Å². The van der Waals surface area contributed by atoms with Crippen LogP contribution < -0.4 is 10.1 Å². The summed E-state index contributed by atoms with van der Waals surface area (Å²) in [6.07, 6.45) is -0.933. The number of aryl methyl sites for hydroxylation is 1. The van der Waals surface area contributed by atoms with Crippen molar-refractivity contribution >= 4 is 28.2 Å². The molecule has 0 radical (unpaired) electrons. The average molecular weight is 351 g/mol. The number of amides is 1. The average Bonchev–Trinajstić information content (AvgIpc) is 2.63. The highest BCUT2D eigenvalue weighted by Crippen LogP contribution is 2.26. The van der Waals surface area contributed by atoms with E-state index in [1.165, 1.54) is 13.0 Å². The van der Waals surface area contributed by atoms with Gasteiger partial charge in [-0.05, 0) is 40.4 Å². The van der Waals surface area contributed by atoms with Crippen LogP contribution in [-0.4, -0.2) is 21.9 Å². The monoisotopic (exact) mass is 351 g/mol. The standard InChI is InChI=1S/C19H17N3O4/c1-12-10-11-17(18(20-12)22(24)25)26-13(2)19(23)21-16-9-5-7-14-6-3-4-8-15(14)16/h3-11,13H,1-2H3,(H,21,23). The molecule has 0 aliphatic heterocycles. The Morgan fingerprint density at radius 1 is 1.15 bits per heavy atom. The van der Waals surface area contributed by atoms with Gasteiger partial charge in [-0.2, -0.15) is 0 Å². The van der Waals surface area contributed by atoms with Crippen molar-refractivity contribution in [3.05, 3.63) is 70.4 Å². The Morgan fingerprint density at radius 3 is 2.65 bits per heavy atom. The van der Waals surface area contributed by atoms with Crippen molar-refractivity contribution < 1.29 is 14.5 Å². The summed E-state index contributed by atoms with van der Waals surface area (Å²) < 4.78 is 5.49. The maximum absolute atomic E-state index is 12.5. The van der Waals surface area contributed by atoms with Crippen LogP contribution in [0, 0.1) is 17.0 Å². The van der Waals surface area contributed by atoms with E-state index in [-0.39, 0.29) is 5.75 Å². The van der Waals surface area contributed by atoms with Gasteiger partial charge in [-0.1, -0.05) is 36.4 Å². The molecule has 132 valence electrons. The van der Waals surface area contributed by atoms with Crippen molar-refractivity contribution in [1.82, 2.24) is 4.98 Å². The zero-order chi connectivity index (χ0) is 18.7. The van der Waals surface area contributed by atoms with E-state index in [0.29, 0.717) is 11.4 Å². The number of hydrogen-bond acceptors (Lipinski definition) is 5. The highest BCUT2D eigenvalue weighted by Gasteiger charge is 2.23. The minimum atomic E-state index is -0.933. The summed E-state index contributed by atoms with van der Waals surface area (Å²) in [5.74, 6) is -0.854. The van der Waals surface area contributed by atoms with E-state index in [9.17, 15) is 14.9 Å². The van der Waals surface area contributed by atoms with Crippen LogP contribution in [-0.2, 0) is 4.79 Å². The zero-order valence-electron chi connectivity index (χ0n) is 14.3. The maximum Gasteiger partial charge on any atom is 0.406 e. The minimum Gasteiger partial charge on any atom is -0.473 e. The number of carbonyl (C=O) groups excluding carboxylic acids is 1. The smallest absolute Gasteiger partial charge is 0.406 e. The predicted molar refractivity (Wildman–Crippen MR) is 98.3 cm³/mol. The van der Waals surface area contributed by atoms with Crippen LogP contribution in [0.3, 0.4) is 0 Å². The SMILES string of the molecule is Cc1ccc(OC(C)C(=O)Nc2cccc3ccccc23)c([N+](=O)[O-])n1. The summed E-state index contributed by atoms with van der Waals surface area (Å²) in [6.45, 7) is 3.18. The van der Waals surface area contributed by atoms with Crippen LogP contribution in [0.5, 0.6) is 5.75 Å². The van der Waals surface area contributed by atoms with Gasteiger partial charge in [0.2, 0.25) is 5.75 Å². The van der Waals surface area contributed by atoms with Crippen molar-refractivity contribution in [1.29, 1.82) is 0 Å². The summed E-state index contributed by atoms with van der Waals surface area (Å²) in [5, 5.41) is 15.8. The fourth-order valence-electron chi connectivity index (χ4n) is 2.57. The third-order valence-electron chi connectivity index (χ3n) is 3.87. The number of nitrogens with zero attached hydrogens (tertiary/aromatic N) is 2. The van der Waals surface area contributed by atoms with Gasteiger partial charge < -0.3 is 20.2 Å². The minimum absolute atomic E-state index is 0.0406. The summed E-state index contributed by atoms with van der Waals surface area (Å²) >= 11 is 0. The first-order valence-corrected chi connectivity index (χ1v) is 8.03. The van der Waals surface area contributed by atoms with Gasteiger partial charge in [-0.25, -0.2) is 0 Å². The lowest BCUT2D eigenvalue weighted by atomic mass is 10.1. The molecule has 7 heteroatoms. The molecule has 1 atom stereocenters. The van der Waals surface area contributed by atoms with Gasteiger partial charge in [0.1, 0.15) is 5.69 Å². The highest BCUT2D eigenvalue weighted by atomic mass is 16.6. The van der Waals surface area contributed by atoms with E-state index in [1.807, 2.05) is 36.4 Å². The van der Waals surface area contributed by atoms with E-state index in [2.05, 4.69) is 10.3 Å². The van der Waals surface area contributed by atoms with Crippen molar-refractivity contribution in [3.63, 3.8) is 0 Å². The molecule has 0 fully saturated rings. The molecule has 1 N–H and O–H groups in total. The Hall–Kier alpha value is -3.48. The first-order valence-electron chi connectivity index (χ1n) is 8.03. The number of pyridine rings is 1. The van der Waals surface area contributed by atoms with Crippen LogP contribution in [0.2, 0.25) is 0 Å². The second-order valence-electron chi connectivity index (χ2n) is 5.81. The van der Waals surface area contributed by atoms with Gasteiger partial charge >= 0.3 is 5.82 Å². The molecule has 0 saturated carbocycles. The number of nitrogens with one attached hydrogen (secondary N) is 1. The number of anilines is 1. The van der Waals surface area contributed by atoms with E-state index in [4.69, 9.17) is 4.74 Å². The first kappa shape index (κ1) is 17.3. The van der Waals surface area contributed by atoms with Gasteiger partial charge in [0.05, 0.1) is 0 Å². The molecule has 0 aliphatic carbocycles. The summed E-state index contributed by atoms with van der Waals surface area (Å²) in [4.78, 5) is 26.8. The summed E-state index contributed by atoms with van der Waals surface area (Å²) in [6, 6.07) is 16.3. The van der Waals surface area contributed by atoms with Crippen LogP contribution in [0.15, 0.2) is 54.6 Å². The second-order valence-corrected chi connectivity index (χ2v) is 5.81. The Bertz CT molecular complexity index is 982. The molecule has 0 bridgehead atoms. The Labute approximate surface area is 149 Å². The molecule has 3 aromatic rings. The van der Waals surface area contributed by atoms with E-state index < -0.39 is 22.8 Å². The number of hydrogen-bond donors (Lipinski definition) is 1. The highest BCUT2D eigenvalue weighted by molar-refractivity contribution is 6.03. The van der Waals surface area contributed by atoms with Crippen LogP contribution in [0.25, 0.3) is 10.8 Å². The fraction of sp³-hybridized carbons (Fsp3) is 0.158. The Morgan fingerprint density at radius 2 is 1.88 bits per heavy atom. The second kappa shape index (κ2) is 7.18. The molecule has 1 unspecified atom stereocenters. The van der Waals surface area contributed by atoms with Crippen molar-refractivity contribution in [2.24, 2.45) is 0 Å². The Balaban J connectivity index is 1.79. The number of nitro groups is 1. The number of fused-ring (bicyclic) bond motifs is 1. The molecular weight excluding hydrogens is 334 g/mol. The summed E-state index contributed by atoms with van der Waals surface area (Å²) in [7, 11) is 0. The van der Waals surface area contributed by atoms with Gasteiger partial charge in [-0.3, -0.25) is 4.79 Å². The molecule has 7 nitrogen and oxygen atoms in total. The predicted octanol–water partition coefficient (Wildman–Crippen LogP) is 3.86. The van der Waals surface area contributed by atoms with Gasteiger partial charge in [-0.15, -0.1) is 0 Å². The number of ether oxygens (including phenoxy) is 1. The largest absolute Gasteiger partial charge is 0.473 e. The molecule has 26 heavy (non-hydrogen) atoms. The van der Waals surface area contributed by atoms with Crippen molar-refractivity contribution in [2.75, 3.05) is 5.32 Å². The molecule has 0 spiro atoms. The molecule has 1 amide bonds. The molecule has 1 heterocycles. The van der Waals surface area contributed by atoms with Crippen molar-refractivity contribution in [3.8, 4) is 5.75 Å². The number of aromatic nitrogens is 1. The van der Waals surface area contributed by atoms with Crippen LogP contribution in [0.4, 0.5) is 11.5 Å². The fourth-order valence-corrected chi connectivity index (χ4v) is 2.57. The molecule has 3 rings (SSSR count). The zero-order valence-corrected chi connectivity index (χ0v) is 14.3. The quantitative estimate of drug-likeness (QED) is 0.556. The van der Waals surface area contributed by atoms with E-state index in [1.54, 1.807) is 19.1 Å². The van der Waals surface area contributed by atoms with Gasteiger partial charge in [0.15, 0.2) is 6.10 Å². The lowest BCUT2D eigenvalue weighted by Crippen LogP contribution is -2.30.